The molecular formula is C11H18F3N. The molecule has 0 radical (unpaired) electrons. The van der Waals surface area contributed by atoms with Crippen molar-refractivity contribution in [3.63, 3.8) is 0 Å². The van der Waals surface area contributed by atoms with Crippen LogP contribution in [0.3, 0.4) is 0 Å². The van der Waals surface area contributed by atoms with Gasteiger partial charge in [0.25, 0.3) is 0 Å². The molecule has 1 rings (SSSR count). The normalized spacial score (nSPS) is 16.9. The smallest absolute Gasteiger partial charge is 0.316 e. The van der Waals surface area contributed by atoms with Crippen molar-refractivity contribution in [3.05, 3.63) is 11.6 Å². The van der Waals surface area contributed by atoms with Gasteiger partial charge >= 0.3 is 6.18 Å². The molecule has 0 fully saturated rings. The molecule has 0 unspecified atom stereocenters. The van der Waals surface area contributed by atoms with Crippen molar-refractivity contribution < 1.29 is 13.2 Å². The van der Waals surface area contributed by atoms with E-state index in [1.165, 1.54) is 24.8 Å². The molecule has 0 aromatic rings. The summed E-state index contributed by atoms with van der Waals surface area (Å²) in [6, 6.07) is 0. The molecule has 1 N–H and O–H groups in total. The van der Waals surface area contributed by atoms with Crippen LogP contribution in [0, 0.1) is 0 Å². The first kappa shape index (κ1) is 12.6. The Morgan fingerprint density at radius 1 is 1.27 bits per heavy atom. The van der Waals surface area contributed by atoms with Gasteiger partial charge in [-0.1, -0.05) is 11.6 Å². The lowest BCUT2D eigenvalue weighted by molar-refractivity contribution is -0.135. The lowest BCUT2D eigenvalue weighted by Crippen LogP contribution is -2.19. The molecule has 0 spiro atoms. The van der Waals surface area contributed by atoms with E-state index in [-0.39, 0.29) is 6.42 Å². The van der Waals surface area contributed by atoms with Gasteiger partial charge in [0.05, 0.1) is 0 Å². The first-order chi connectivity index (χ1) is 7.08. The van der Waals surface area contributed by atoms with Crippen LogP contribution in [-0.2, 0) is 0 Å². The van der Waals surface area contributed by atoms with Gasteiger partial charge in [-0.15, -0.1) is 0 Å². The highest BCUT2D eigenvalue weighted by Gasteiger charge is 2.25. The Kier molecular flexibility index (Phi) is 5.15. The van der Waals surface area contributed by atoms with Gasteiger partial charge in [-0.25, -0.2) is 0 Å². The second-order valence-electron chi connectivity index (χ2n) is 3.97. The number of halogens is 3. The van der Waals surface area contributed by atoms with E-state index in [2.05, 4.69) is 11.4 Å². The Morgan fingerprint density at radius 2 is 2.07 bits per heavy atom. The van der Waals surface area contributed by atoms with Gasteiger partial charge < -0.3 is 5.32 Å². The Bertz CT molecular complexity index is 208. The van der Waals surface area contributed by atoms with E-state index in [1.807, 2.05) is 0 Å². The van der Waals surface area contributed by atoms with E-state index in [0.717, 1.165) is 13.0 Å². The molecule has 88 valence electrons. The van der Waals surface area contributed by atoms with Gasteiger partial charge in [0.2, 0.25) is 0 Å². The molecule has 0 aliphatic heterocycles. The fraction of sp³-hybridized carbons (Fsp3) is 0.818. The summed E-state index contributed by atoms with van der Waals surface area (Å²) in [4.78, 5) is 0. The lowest BCUT2D eigenvalue weighted by atomic mass is 10.1. The summed E-state index contributed by atoms with van der Waals surface area (Å²) >= 11 is 0. The monoisotopic (exact) mass is 221 g/mol. The molecule has 15 heavy (non-hydrogen) atoms. The number of rotatable bonds is 6. The van der Waals surface area contributed by atoms with E-state index in [9.17, 15) is 13.2 Å². The predicted octanol–water partition coefficient (Wildman–Crippen LogP) is 3.42. The maximum Gasteiger partial charge on any atom is 0.389 e. The zero-order chi connectivity index (χ0) is 11.1. The average Bonchev–Trinajstić information content (AvgIpc) is 2.61. The van der Waals surface area contributed by atoms with Crippen molar-refractivity contribution in [1.29, 1.82) is 0 Å². The zero-order valence-corrected chi connectivity index (χ0v) is 8.87. The summed E-state index contributed by atoms with van der Waals surface area (Å²) in [5.41, 5.74) is 1.46. The summed E-state index contributed by atoms with van der Waals surface area (Å²) in [5.74, 6) is 0. The number of alkyl halides is 3. The first-order valence-corrected chi connectivity index (χ1v) is 5.53. The van der Waals surface area contributed by atoms with E-state index >= 15 is 0 Å². The van der Waals surface area contributed by atoms with Crippen molar-refractivity contribution in [2.24, 2.45) is 0 Å². The Morgan fingerprint density at radius 3 is 2.67 bits per heavy atom. The molecule has 1 nitrogen and oxygen atoms in total. The fourth-order valence-electron chi connectivity index (χ4n) is 1.75. The SMILES string of the molecule is FC(F)(F)CCCNCCC1=CCCC1. The van der Waals surface area contributed by atoms with Gasteiger partial charge in [0.1, 0.15) is 0 Å². The Labute approximate surface area is 88.7 Å². The van der Waals surface area contributed by atoms with Gasteiger partial charge in [-0.2, -0.15) is 13.2 Å². The highest BCUT2D eigenvalue weighted by atomic mass is 19.4. The van der Waals surface area contributed by atoms with E-state index in [1.54, 1.807) is 0 Å². The molecule has 0 aromatic carbocycles. The maximum atomic E-state index is 11.8. The molecule has 0 aromatic heterocycles. The van der Waals surface area contributed by atoms with Crippen LogP contribution in [0.25, 0.3) is 0 Å². The highest BCUT2D eigenvalue weighted by molar-refractivity contribution is 5.07. The van der Waals surface area contributed by atoms with Crippen LogP contribution < -0.4 is 5.32 Å². The van der Waals surface area contributed by atoms with E-state index < -0.39 is 12.6 Å². The minimum atomic E-state index is -4.00. The van der Waals surface area contributed by atoms with Crippen molar-refractivity contribution >= 4 is 0 Å². The third-order valence-corrected chi connectivity index (χ3v) is 2.57. The molecule has 1 aliphatic rings. The zero-order valence-electron chi connectivity index (χ0n) is 8.87. The van der Waals surface area contributed by atoms with Crippen LogP contribution in [0.2, 0.25) is 0 Å². The van der Waals surface area contributed by atoms with Crippen molar-refractivity contribution in [2.75, 3.05) is 13.1 Å². The maximum absolute atomic E-state index is 11.8. The topological polar surface area (TPSA) is 12.0 Å². The van der Waals surface area contributed by atoms with E-state index in [4.69, 9.17) is 0 Å². The third kappa shape index (κ3) is 6.55. The predicted molar refractivity (Wildman–Crippen MR) is 54.7 cm³/mol. The Balaban J connectivity index is 1.89. The van der Waals surface area contributed by atoms with Crippen LogP contribution in [0.15, 0.2) is 11.6 Å². The minimum Gasteiger partial charge on any atom is -0.316 e. The molecule has 0 bridgehead atoms. The van der Waals surface area contributed by atoms with Crippen LogP contribution in [-0.4, -0.2) is 19.3 Å². The van der Waals surface area contributed by atoms with Crippen molar-refractivity contribution in [3.8, 4) is 0 Å². The number of hydrogen-bond acceptors (Lipinski definition) is 1. The average molecular weight is 221 g/mol. The van der Waals surface area contributed by atoms with Crippen molar-refractivity contribution in [2.45, 2.75) is 44.7 Å². The van der Waals surface area contributed by atoms with Gasteiger partial charge in [-0.3, -0.25) is 0 Å². The second kappa shape index (κ2) is 6.16. The van der Waals surface area contributed by atoms with E-state index in [0.29, 0.717) is 6.54 Å². The van der Waals surface area contributed by atoms with Gasteiger partial charge in [0.15, 0.2) is 0 Å². The summed E-state index contributed by atoms with van der Waals surface area (Å²) in [5, 5.41) is 3.04. The molecule has 0 saturated heterocycles. The standard InChI is InChI=1S/C11H18F3N/c12-11(13,14)7-3-8-15-9-6-10-4-1-2-5-10/h4,15H,1-3,5-9H2. The number of hydrogen-bond donors (Lipinski definition) is 1. The van der Waals surface area contributed by atoms with Crippen molar-refractivity contribution in [1.82, 2.24) is 5.32 Å². The molecule has 0 atom stereocenters. The number of nitrogens with one attached hydrogen (secondary N) is 1. The van der Waals surface area contributed by atoms with Crippen LogP contribution in [0.1, 0.15) is 38.5 Å². The molecule has 0 saturated carbocycles. The van der Waals surface area contributed by atoms with Crippen LogP contribution >= 0.6 is 0 Å². The third-order valence-electron chi connectivity index (χ3n) is 2.57. The quantitative estimate of drug-likeness (QED) is 0.535. The Hall–Kier alpha value is -0.510. The fourth-order valence-corrected chi connectivity index (χ4v) is 1.75. The minimum absolute atomic E-state index is 0.183. The number of allylic oxidation sites excluding steroid dienone is 1. The second-order valence-corrected chi connectivity index (χ2v) is 3.97. The van der Waals surface area contributed by atoms with Gasteiger partial charge in [-0.05, 0) is 45.2 Å². The largest absolute Gasteiger partial charge is 0.389 e. The summed E-state index contributed by atoms with van der Waals surface area (Å²) in [7, 11) is 0. The summed E-state index contributed by atoms with van der Waals surface area (Å²) in [6.45, 7) is 1.27. The molecule has 1 aliphatic carbocycles. The lowest BCUT2D eigenvalue weighted by Gasteiger charge is -2.07. The summed E-state index contributed by atoms with van der Waals surface area (Å²) in [6.07, 6.45) is 2.32. The summed E-state index contributed by atoms with van der Waals surface area (Å²) < 4.78 is 35.3. The molecular weight excluding hydrogens is 203 g/mol. The van der Waals surface area contributed by atoms with Crippen LogP contribution in [0.4, 0.5) is 13.2 Å². The molecule has 0 amide bonds. The van der Waals surface area contributed by atoms with Gasteiger partial charge in [0, 0.05) is 6.42 Å². The first-order valence-electron chi connectivity index (χ1n) is 5.53. The highest BCUT2D eigenvalue weighted by Crippen LogP contribution is 2.21. The van der Waals surface area contributed by atoms with Crippen LogP contribution in [0.5, 0.6) is 0 Å². The molecule has 0 heterocycles. The molecule has 4 heteroatoms.